The molecule has 3 rings (SSSR count). The van der Waals surface area contributed by atoms with Crippen LogP contribution in [0.3, 0.4) is 0 Å². The van der Waals surface area contributed by atoms with E-state index in [1.807, 2.05) is 31.3 Å². The molecule has 0 atom stereocenters. The molecule has 1 aliphatic carbocycles. The molecule has 0 unspecified atom stereocenters. The number of hydrogen-bond donors (Lipinski definition) is 1. The molecule has 1 aromatic heterocycles. The number of benzene rings is 1. The standard InChI is InChI=1S/C13H15ClN4/c1-9-2-3-10(14)6-13(9)18-8-12(16-17-18)7-15-11-4-5-11/h2-3,6,8,11,15H,4-5,7H2,1H3. The number of aromatic nitrogens is 3. The molecule has 4 nitrogen and oxygen atoms in total. The van der Waals surface area contributed by atoms with Crippen LogP contribution in [0.2, 0.25) is 5.02 Å². The van der Waals surface area contributed by atoms with Crippen LogP contribution < -0.4 is 5.32 Å². The Morgan fingerprint density at radius 3 is 3.06 bits per heavy atom. The molecule has 94 valence electrons. The van der Waals surface area contributed by atoms with E-state index >= 15 is 0 Å². The molecule has 1 fully saturated rings. The minimum Gasteiger partial charge on any atom is -0.308 e. The summed E-state index contributed by atoms with van der Waals surface area (Å²) in [5.41, 5.74) is 3.07. The average Bonchev–Trinajstić information content (AvgIpc) is 3.08. The third kappa shape index (κ3) is 2.54. The van der Waals surface area contributed by atoms with Crippen molar-refractivity contribution in [3.05, 3.63) is 40.7 Å². The van der Waals surface area contributed by atoms with Crippen LogP contribution in [0.1, 0.15) is 24.1 Å². The van der Waals surface area contributed by atoms with Crippen LogP contribution in [0, 0.1) is 6.92 Å². The van der Waals surface area contributed by atoms with Crippen LogP contribution in [0.15, 0.2) is 24.4 Å². The van der Waals surface area contributed by atoms with Gasteiger partial charge in [-0.2, -0.15) is 0 Å². The fourth-order valence-corrected chi connectivity index (χ4v) is 2.03. The Labute approximate surface area is 111 Å². The second-order valence-electron chi connectivity index (χ2n) is 4.74. The van der Waals surface area contributed by atoms with Gasteiger partial charge in [-0.3, -0.25) is 0 Å². The van der Waals surface area contributed by atoms with E-state index in [-0.39, 0.29) is 0 Å². The first kappa shape index (κ1) is 11.7. The van der Waals surface area contributed by atoms with Gasteiger partial charge >= 0.3 is 0 Å². The Bertz CT molecular complexity index is 560. The number of nitrogens with zero attached hydrogens (tertiary/aromatic N) is 3. The molecular weight excluding hydrogens is 248 g/mol. The Morgan fingerprint density at radius 2 is 2.28 bits per heavy atom. The van der Waals surface area contributed by atoms with E-state index in [0.717, 1.165) is 23.5 Å². The lowest BCUT2D eigenvalue weighted by Crippen LogP contribution is -2.15. The molecule has 2 aromatic rings. The van der Waals surface area contributed by atoms with Crippen molar-refractivity contribution in [2.45, 2.75) is 32.4 Å². The van der Waals surface area contributed by atoms with Gasteiger partial charge in [0.25, 0.3) is 0 Å². The molecule has 0 amide bonds. The molecule has 1 aromatic carbocycles. The van der Waals surface area contributed by atoms with Crippen molar-refractivity contribution in [2.24, 2.45) is 0 Å². The molecule has 0 radical (unpaired) electrons. The molecule has 0 spiro atoms. The number of aryl methyl sites for hydroxylation is 1. The molecule has 1 aliphatic rings. The van der Waals surface area contributed by atoms with Gasteiger partial charge in [-0.25, -0.2) is 4.68 Å². The maximum atomic E-state index is 6.01. The molecule has 0 saturated heterocycles. The third-order valence-corrected chi connectivity index (χ3v) is 3.34. The maximum absolute atomic E-state index is 6.01. The van der Waals surface area contributed by atoms with Crippen LogP contribution in [-0.2, 0) is 6.54 Å². The van der Waals surface area contributed by atoms with Gasteiger partial charge in [0.05, 0.1) is 17.6 Å². The number of rotatable bonds is 4. The van der Waals surface area contributed by atoms with E-state index in [1.54, 1.807) is 4.68 Å². The minimum absolute atomic E-state index is 0.683. The topological polar surface area (TPSA) is 42.7 Å². The van der Waals surface area contributed by atoms with Crippen LogP contribution in [0.5, 0.6) is 0 Å². The summed E-state index contributed by atoms with van der Waals surface area (Å²) in [5.74, 6) is 0. The van der Waals surface area contributed by atoms with Crippen molar-refractivity contribution in [1.82, 2.24) is 20.3 Å². The van der Waals surface area contributed by atoms with Crippen LogP contribution >= 0.6 is 11.6 Å². The summed E-state index contributed by atoms with van der Waals surface area (Å²) >= 11 is 6.01. The second-order valence-corrected chi connectivity index (χ2v) is 5.18. The third-order valence-electron chi connectivity index (χ3n) is 3.11. The summed E-state index contributed by atoms with van der Waals surface area (Å²) in [4.78, 5) is 0. The van der Waals surface area contributed by atoms with Gasteiger partial charge in [0.15, 0.2) is 0 Å². The lowest BCUT2D eigenvalue weighted by molar-refractivity contribution is 0.671. The SMILES string of the molecule is Cc1ccc(Cl)cc1-n1cc(CNC2CC2)nn1. The van der Waals surface area contributed by atoms with Crippen molar-refractivity contribution in [2.75, 3.05) is 0 Å². The Morgan fingerprint density at radius 1 is 1.44 bits per heavy atom. The predicted molar refractivity (Wildman–Crippen MR) is 71.0 cm³/mol. The van der Waals surface area contributed by atoms with Gasteiger partial charge in [0.2, 0.25) is 0 Å². The highest BCUT2D eigenvalue weighted by atomic mass is 35.5. The molecule has 18 heavy (non-hydrogen) atoms. The Kier molecular flexibility index (Phi) is 3.06. The monoisotopic (exact) mass is 262 g/mol. The van der Waals surface area contributed by atoms with Gasteiger partial charge in [0, 0.05) is 17.6 Å². The zero-order valence-corrected chi connectivity index (χ0v) is 11.0. The number of halogens is 1. The average molecular weight is 263 g/mol. The quantitative estimate of drug-likeness (QED) is 0.921. The van der Waals surface area contributed by atoms with Gasteiger partial charge in [0.1, 0.15) is 0 Å². The summed E-state index contributed by atoms with van der Waals surface area (Å²) in [7, 11) is 0. The number of nitrogens with one attached hydrogen (secondary N) is 1. The van der Waals surface area contributed by atoms with E-state index in [1.165, 1.54) is 12.8 Å². The smallest absolute Gasteiger partial charge is 0.0969 e. The second kappa shape index (κ2) is 4.71. The zero-order chi connectivity index (χ0) is 12.5. The van der Waals surface area contributed by atoms with Gasteiger partial charge in [-0.1, -0.05) is 22.9 Å². The van der Waals surface area contributed by atoms with E-state index in [0.29, 0.717) is 11.1 Å². The first-order chi connectivity index (χ1) is 8.72. The summed E-state index contributed by atoms with van der Waals surface area (Å²) in [6, 6.07) is 6.46. The van der Waals surface area contributed by atoms with Crippen molar-refractivity contribution in [1.29, 1.82) is 0 Å². The normalized spacial score (nSPS) is 15.0. The first-order valence-corrected chi connectivity index (χ1v) is 6.51. The largest absolute Gasteiger partial charge is 0.308 e. The van der Waals surface area contributed by atoms with E-state index < -0.39 is 0 Å². The molecule has 0 aliphatic heterocycles. The van der Waals surface area contributed by atoms with E-state index in [9.17, 15) is 0 Å². The van der Waals surface area contributed by atoms with Crippen molar-refractivity contribution < 1.29 is 0 Å². The summed E-state index contributed by atoms with van der Waals surface area (Å²) in [5, 5.41) is 12.5. The highest BCUT2D eigenvalue weighted by Gasteiger charge is 2.20. The maximum Gasteiger partial charge on any atom is 0.0969 e. The Balaban J connectivity index is 1.80. The van der Waals surface area contributed by atoms with E-state index in [4.69, 9.17) is 11.6 Å². The number of hydrogen-bond acceptors (Lipinski definition) is 3. The van der Waals surface area contributed by atoms with Gasteiger partial charge in [-0.05, 0) is 37.5 Å². The van der Waals surface area contributed by atoms with Crippen molar-refractivity contribution in [3.8, 4) is 5.69 Å². The fourth-order valence-electron chi connectivity index (χ4n) is 1.86. The highest BCUT2D eigenvalue weighted by Crippen LogP contribution is 2.20. The van der Waals surface area contributed by atoms with Crippen molar-refractivity contribution >= 4 is 11.6 Å². The van der Waals surface area contributed by atoms with E-state index in [2.05, 4.69) is 15.6 Å². The van der Waals surface area contributed by atoms with Gasteiger partial charge in [-0.15, -0.1) is 5.10 Å². The summed E-state index contributed by atoms with van der Waals surface area (Å²) in [6.07, 6.45) is 4.51. The molecule has 1 heterocycles. The molecule has 0 bridgehead atoms. The Hall–Kier alpha value is -1.39. The van der Waals surface area contributed by atoms with Crippen LogP contribution in [0.4, 0.5) is 0 Å². The van der Waals surface area contributed by atoms with Crippen LogP contribution in [0.25, 0.3) is 5.69 Å². The zero-order valence-electron chi connectivity index (χ0n) is 10.2. The molecule has 1 saturated carbocycles. The predicted octanol–water partition coefficient (Wildman–Crippen LogP) is 2.48. The fraction of sp³-hybridized carbons (Fsp3) is 0.385. The molecule has 1 N–H and O–H groups in total. The lowest BCUT2D eigenvalue weighted by atomic mass is 10.2. The summed E-state index contributed by atoms with van der Waals surface area (Å²) < 4.78 is 1.78. The highest BCUT2D eigenvalue weighted by molar-refractivity contribution is 6.30. The summed E-state index contributed by atoms with van der Waals surface area (Å²) in [6.45, 7) is 2.82. The van der Waals surface area contributed by atoms with Gasteiger partial charge < -0.3 is 5.32 Å². The van der Waals surface area contributed by atoms with Crippen molar-refractivity contribution in [3.63, 3.8) is 0 Å². The molecule has 5 heteroatoms. The molecular formula is C13H15ClN4. The van der Waals surface area contributed by atoms with Crippen LogP contribution in [-0.4, -0.2) is 21.0 Å². The lowest BCUT2D eigenvalue weighted by Gasteiger charge is -2.04. The first-order valence-electron chi connectivity index (χ1n) is 6.13. The minimum atomic E-state index is 0.683.